The van der Waals surface area contributed by atoms with Crippen molar-refractivity contribution in [3.05, 3.63) is 83.9 Å². The number of carbonyl (C=O) groups is 2. The van der Waals surface area contributed by atoms with Gasteiger partial charge in [-0.25, -0.2) is 9.40 Å². The second kappa shape index (κ2) is 6.33. The van der Waals surface area contributed by atoms with Gasteiger partial charge in [-0.05, 0) is 42.5 Å². The highest BCUT2D eigenvalue weighted by Gasteiger charge is 2.34. The van der Waals surface area contributed by atoms with Crippen molar-refractivity contribution in [2.45, 2.75) is 0 Å². The zero-order valence-electron chi connectivity index (χ0n) is 13.5. The number of carbonyl (C=O) groups excluding carboxylic acids is 2. The quantitative estimate of drug-likeness (QED) is 0.582. The predicted octanol–water partition coefficient (Wildman–Crippen LogP) is 3.55. The normalized spacial score (nSPS) is 15.6. The van der Waals surface area contributed by atoms with Gasteiger partial charge >= 0.3 is 0 Å². The molecule has 3 aromatic rings. The van der Waals surface area contributed by atoms with Crippen LogP contribution in [0.15, 0.2) is 76.7 Å². The minimum absolute atomic E-state index is 0.0333. The molecule has 0 aliphatic carbocycles. The summed E-state index contributed by atoms with van der Waals surface area (Å²) in [6, 6.07) is 18.1. The van der Waals surface area contributed by atoms with E-state index >= 15 is 0 Å². The van der Waals surface area contributed by atoms with Gasteiger partial charge in [0.25, 0.3) is 11.8 Å². The van der Waals surface area contributed by atoms with E-state index in [1.54, 1.807) is 48.5 Å². The average molecular weight is 348 g/mol. The first-order valence-electron chi connectivity index (χ1n) is 7.90. The lowest BCUT2D eigenvalue weighted by Gasteiger charge is -2.13. The van der Waals surface area contributed by atoms with Crippen LogP contribution in [0.25, 0.3) is 17.4 Å². The number of furan rings is 1. The maximum absolute atomic E-state index is 13.3. The van der Waals surface area contributed by atoms with Gasteiger partial charge in [0.1, 0.15) is 22.9 Å². The SMILES string of the molecule is O=C1NN(c2ccccc2)C(=O)/C1=C\c1ccc(-c2cccc(F)c2)o1. The summed E-state index contributed by atoms with van der Waals surface area (Å²) in [6.07, 6.45) is 1.38. The van der Waals surface area contributed by atoms with E-state index in [4.69, 9.17) is 4.42 Å². The molecule has 0 saturated carbocycles. The molecule has 1 aliphatic rings. The van der Waals surface area contributed by atoms with Gasteiger partial charge in [-0.15, -0.1) is 0 Å². The maximum Gasteiger partial charge on any atom is 0.282 e. The number of amides is 2. The van der Waals surface area contributed by atoms with E-state index in [2.05, 4.69) is 5.43 Å². The number of halogens is 1. The van der Waals surface area contributed by atoms with Crippen LogP contribution >= 0.6 is 0 Å². The molecular weight excluding hydrogens is 335 g/mol. The third kappa shape index (κ3) is 2.88. The van der Waals surface area contributed by atoms with Crippen molar-refractivity contribution in [2.75, 3.05) is 5.01 Å². The molecule has 1 aliphatic heterocycles. The van der Waals surface area contributed by atoms with Gasteiger partial charge in [0.05, 0.1) is 5.69 Å². The third-order valence-corrected chi connectivity index (χ3v) is 3.93. The van der Waals surface area contributed by atoms with Crippen molar-refractivity contribution in [2.24, 2.45) is 0 Å². The van der Waals surface area contributed by atoms with Crippen LogP contribution in [0.3, 0.4) is 0 Å². The molecule has 0 atom stereocenters. The minimum Gasteiger partial charge on any atom is -0.457 e. The van der Waals surface area contributed by atoms with Crippen molar-refractivity contribution >= 4 is 23.6 Å². The second-order valence-electron chi connectivity index (χ2n) is 5.69. The molecule has 2 heterocycles. The van der Waals surface area contributed by atoms with Crippen molar-refractivity contribution in [3.63, 3.8) is 0 Å². The summed E-state index contributed by atoms with van der Waals surface area (Å²) in [5.74, 6) is -0.574. The summed E-state index contributed by atoms with van der Waals surface area (Å²) in [6.45, 7) is 0. The Morgan fingerprint density at radius 2 is 1.77 bits per heavy atom. The first-order valence-corrected chi connectivity index (χ1v) is 7.90. The monoisotopic (exact) mass is 348 g/mol. The standard InChI is InChI=1S/C20H13FN2O3/c21-14-6-4-5-13(11-14)18-10-9-16(26-18)12-17-19(24)22-23(20(17)25)15-7-2-1-3-8-15/h1-12H,(H,22,24)/b17-12-. The lowest BCUT2D eigenvalue weighted by Crippen LogP contribution is -2.35. The molecule has 2 aromatic carbocycles. The Labute approximate surface area is 148 Å². The maximum atomic E-state index is 13.3. The fourth-order valence-electron chi connectivity index (χ4n) is 2.69. The summed E-state index contributed by atoms with van der Waals surface area (Å²) in [7, 11) is 0. The molecule has 128 valence electrons. The Balaban J connectivity index is 1.63. The Morgan fingerprint density at radius 3 is 2.54 bits per heavy atom. The Hall–Kier alpha value is -3.67. The summed E-state index contributed by atoms with van der Waals surface area (Å²) in [5, 5.41) is 1.19. The van der Waals surface area contributed by atoms with E-state index in [-0.39, 0.29) is 11.4 Å². The van der Waals surface area contributed by atoms with Crippen molar-refractivity contribution in [1.29, 1.82) is 0 Å². The highest BCUT2D eigenvalue weighted by molar-refractivity contribution is 6.31. The van der Waals surface area contributed by atoms with Crippen LogP contribution in [0.2, 0.25) is 0 Å². The molecule has 1 N–H and O–H groups in total. The van der Waals surface area contributed by atoms with Crippen LogP contribution in [-0.2, 0) is 9.59 Å². The number of hydrazine groups is 1. The van der Waals surface area contributed by atoms with Gasteiger partial charge < -0.3 is 4.42 Å². The highest BCUT2D eigenvalue weighted by Crippen LogP contribution is 2.26. The lowest BCUT2D eigenvalue weighted by atomic mass is 10.2. The molecule has 5 nitrogen and oxygen atoms in total. The Morgan fingerprint density at radius 1 is 0.962 bits per heavy atom. The number of nitrogens with one attached hydrogen (secondary N) is 1. The summed E-state index contributed by atoms with van der Waals surface area (Å²) in [4.78, 5) is 24.7. The topological polar surface area (TPSA) is 62.6 Å². The van der Waals surface area contributed by atoms with Crippen molar-refractivity contribution in [1.82, 2.24) is 5.43 Å². The minimum atomic E-state index is -0.512. The lowest BCUT2D eigenvalue weighted by molar-refractivity contribution is -0.117. The van der Waals surface area contributed by atoms with Gasteiger partial charge in [-0.2, -0.15) is 0 Å². The molecule has 2 amide bonds. The average Bonchev–Trinajstić information content (AvgIpc) is 3.23. The van der Waals surface area contributed by atoms with Crippen LogP contribution in [0.5, 0.6) is 0 Å². The van der Waals surface area contributed by atoms with Crippen LogP contribution in [0, 0.1) is 5.82 Å². The van der Waals surface area contributed by atoms with Crippen LogP contribution in [-0.4, -0.2) is 11.8 Å². The number of nitrogens with zero attached hydrogens (tertiary/aromatic N) is 1. The summed E-state index contributed by atoms with van der Waals surface area (Å²) >= 11 is 0. The van der Waals surface area contributed by atoms with E-state index in [0.29, 0.717) is 22.8 Å². The summed E-state index contributed by atoms with van der Waals surface area (Å²) < 4.78 is 19.0. The van der Waals surface area contributed by atoms with E-state index in [1.807, 2.05) is 6.07 Å². The number of para-hydroxylation sites is 1. The second-order valence-corrected chi connectivity index (χ2v) is 5.69. The molecule has 4 rings (SSSR count). The molecular formula is C20H13FN2O3. The van der Waals surface area contributed by atoms with E-state index < -0.39 is 11.8 Å². The zero-order chi connectivity index (χ0) is 18.1. The smallest absolute Gasteiger partial charge is 0.282 e. The first kappa shape index (κ1) is 15.8. The molecule has 1 fully saturated rings. The summed E-state index contributed by atoms with van der Waals surface area (Å²) in [5.41, 5.74) is 3.62. The molecule has 26 heavy (non-hydrogen) atoms. The Kier molecular flexibility index (Phi) is 3.85. The Bertz CT molecular complexity index is 1020. The number of rotatable bonds is 3. The van der Waals surface area contributed by atoms with Gasteiger partial charge in [0, 0.05) is 5.56 Å². The third-order valence-electron chi connectivity index (χ3n) is 3.93. The van der Waals surface area contributed by atoms with E-state index in [0.717, 1.165) is 0 Å². The van der Waals surface area contributed by atoms with Crippen LogP contribution in [0.4, 0.5) is 10.1 Å². The molecule has 0 spiro atoms. The molecule has 0 unspecified atom stereocenters. The number of hydrogen-bond donors (Lipinski definition) is 1. The number of benzene rings is 2. The van der Waals surface area contributed by atoms with E-state index in [9.17, 15) is 14.0 Å². The van der Waals surface area contributed by atoms with Crippen molar-refractivity contribution < 1.29 is 18.4 Å². The van der Waals surface area contributed by atoms with Crippen molar-refractivity contribution in [3.8, 4) is 11.3 Å². The molecule has 6 heteroatoms. The largest absolute Gasteiger partial charge is 0.457 e. The number of anilines is 1. The first-order chi connectivity index (χ1) is 12.6. The molecule has 1 aromatic heterocycles. The van der Waals surface area contributed by atoms with Gasteiger partial charge in [-0.3, -0.25) is 15.0 Å². The van der Waals surface area contributed by atoms with E-state index in [1.165, 1.54) is 23.2 Å². The molecule has 1 saturated heterocycles. The van der Waals surface area contributed by atoms with Gasteiger partial charge in [-0.1, -0.05) is 30.3 Å². The van der Waals surface area contributed by atoms with Gasteiger partial charge in [0.15, 0.2) is 0 Å². The molecule has 0 radical (unpaired) electrons. The fourth-order valence-corrected chi connectivity index (χ4v) is 2.69. The number of hydrogen-bond acceptors (Lipinski definition) is 3. The fraction of sp³-hybridized carbons (Fsp3) is 0. The molecule has 0 bridgehead atoms. The van der Waals surface area contributed by atoms with Gasteiger partial charge in [0.2, 0.25) is 0 Å². The van der Waals surface area contributed by atoms with Crippen LogP contribution in [0.1, 0.15) is 5.76 Å². The zero-order valence-corrected chi connectivity index (χ0v) is 13.5. The van der Waals surface area contributed by atoms with Crippen LogP contribution < -0.4 is 10.4 Å². The predicted molar refractivity (Wildman–Crippen MR) is 94.1 cm³/mol. The highest BCUT2D eigenvalue weighted by atomic mass is 19.1.